The zero-order chi connectivity index (χ0) is 9.35. The Hall–Kier alpha value is -1.00. The molecule has 0 amide bonds. The largest absolute Gasteiger partial charge is 0.421 e. The maximum Gasteiger partial charge on any atom is 0.421 e. The van der Waals surface area contributed by atoms with E-state index >= 15 is 0 Å². The Balaban J connectivity index is 3.08. The Bertz CT molecular complexity index is 264. The first kappa shape index (κ1) is 9.09. The van der Waals surface area contributed by atoms with E-state index in [1.54, 1.807) is 13.8 Å². The van der Waals surface area contributed by atoms with Crippen LogP contribution in [0, 0.1) is 0 Å². The minimum atomic E-state index is -4.36. The van der Waals surface area contributed by atoms with Gasteiger partial charge in [-0.25, -0.2) is 0 Å². The molecule has 5 heteroatoms. The lowest BCUT2D eigenvalue weighted by Crippen LogP contribution is -2.08. The molecular weight excluding hydrogens is 171 g/mol. The van der Waals surface area contributed by atoms with Crippen molar-refractivity contribution >= 4 is 0 Å². The van der Waals surface area contributed by atoms with Gasteiger partial charge < -0.3 is 4.52 Å². The van der Waals surface area contributed by atoms with E-state index in [1.165, 1.54) is 0 Å². The van der Waals surface area contributed by atoms with Crippen LogP contribution in [0.15, 0.2) is 10.8 Å². The van der Waals surface area contributed by atoms with Gasteiger partial charge in [-0.3, -0.25) is 0 Å². The average molecular weight is 179 g/mol. The standard InChI is InChI=1S/C7H8F3NO/c1-4(2)6-5(3-12-11-6)7(8,9)10/h3-4H,1-2H3. The van der Waals surface area contributed by atoms with Gasteiger partial charge in [-0.2, -0.15) is 13.2 Å². The van der Waals surface area contributed by atoms with Gasteiger partial charge in [-0.05, 0) is 5.92 Å². The van der Waals surface area contributed by atoms with Crippen LogP contribution in [-0.2, 0) is 6.18 Å². The lowest BCUT2D eigenvalue weighted by Gasteiger charge is -2.06. The Kier molecular flexibility index (Phi) is 2.12. The highest BCUT2D eigenvalue weighted by atomic mass is 19.4. The van der Waals surface area contributed by atoms with Crippen LogP contribution >= 0.6 is 0 Å². The van der Waals surface area contributed by atoms with E-state index in [4.69, 9.17) is 0 Å². The number of aromatic nitrogens is 1. The highest BCUT2D eigenvalue weighted by Crippen LogP contribution is 2.34. The SMILES string of the molecule is CC(C)c1nocc1C(F)(F)F. The fourth-order valence-corrected chi connectivity index (χ4v) is 0.874. The van der Waals surface area contributed by atoms with Gasteiger partial charge in [0.25, 0.3) is 0 Å². The average Bonchev–Trinajstić information content (AvgIpc) is 2.30. The first-order chi connectivity index (χ1) is 5.43. The van der Waals surface area contributed by atoms with Crippen molar-refractivity contribution in [1.82, 2.24) is 5.16 Å². The third-order valence-electron chi connectivity index (χ3n) is 1.45. The molecule has 2 nitrogen and oxygen atoms in total. The van der Waals surface area contributed by atoms with E-state index in [9.17, 15) is 13.2 Å². The maximum atomic E-state index is 12.1. The first-order valence-electron chi connectivity index (χ1n) is 3.44. The fourth-order valence-electron chi connectivity index (χ4n) is 0.874. The quantitative estimate of drug-likeness (QED) is 0.662. The van der Waals surface area contributed by atoms with E-state index in [0.29, 0.717) is 6.26 Å². The molecule has 0 fully saturated rings. The molecule has 0 saturated heterocycles. The zero-order valence-corrected chi connectivity index (χ0v) is 6.64. The van der Waals surface area contributed by atoms with Crippen LogP contribution in [0.25, 0.3) is 0 Å². The van der Waals surface area contributed by atoms with Gasteiger partial charge in [-0.15, -0.1) is 0 Å². The zero-order valence-electron chi connectivity index (χ0n) is 6.64. The van der Waals surface area contributed by atoms with Gasteiger partial charge in [0.1, 0.15) is 11.8 Å². The molecule has 1 rings (SSSR count). The highest BCUT2D eigenvalue weighted by Gasteiger charge is 2.36. The monoisotopic (exact) mass is 179 g/mol. The van der Waals surface area contributed by atoms with E-state index in [-0.39, 0.29) is 11.6 Å². The Morgan fingerprint density at radius 3 is 2.33 bits per heavy atom. The van der Waals surface area contributed by atoms with Gasteiger partial charge in [0, 0.05) is 0 Å². The minimum absolute atomic E-state index is 0.0394. The van der Waals surface area contributed by atoms with Crippen molar-refractivity contribution in [3.05, 3.63) is 17.5 Å². The van der Waals surface area contributed by atoms with Crippen LogP contribution in [-0.4, -0.2) is 5.16 Å². The Labute approximate surface area is 67.4 Å². The molecule has 1 aromatic heterocycles. The van der Waals surface area contributed by atoms with E-state index in [2.05, 4.69) is 9.68 Å². The predicted octanol–water partition coefficient (Wildman–Crippen LogP) is 2.82. The summed E-state index contributed by atoms with van der Waals surface area (Å²) in [6, 6.07) is 0. The maximum absolute atomic E-state index is 12.1. The number of halogens is 3. The summed E-state index contributed by atoms with van der Waals surface area (Å²) < 4.78 is 40.7. The lowest BCUT2D eigenvalue weighted by molar-refractivity contribution is -0.138. The number of nitrogens with zero attached hydrogens (tertiary/aromatic N) is 1. The molecule has 0 bridgehead atoms. The second-order valence-corrected chi connectivity index (χ2v) is 2.77. The van der Waals surface area contributed by atoms with E-state index < -0.39 is 11.7 Å². The van der Waals surface area contributed by atoms with Crippen LogP contribution in [0.3, 0.4) is 0 Å². The molecule has 0 saturated carbocycles. The van der Waals surface area contributed by atoms with Crippen molar-refractivity contribution in [2.24, 2.45) is 0 Å². The highest BCUT2D eigenvalue weighted by molar-refractivity contribution is 5.20. The van der Waals surface area contributed by atoms with Crippen molar-refractivity contribution in [3.8, 4) is 0 Å². The molecule has 0 aliphatic rings. The number of rotatable bonds is 1. The summed E-state index contributed by atoms with van der Waals surface area (Å²) in [5.41, 5.74) is -0.819. The topological polar surface area (TPSA) is 26.0 Å². The molecule has 0 radical (unpaired) electrons. The molecule has 68 valence electrons. The molecule has 12 heavy (non-hydrogen) atoms. The van der Waals surface area contributed by atoms with E-state index in [1.807, 2.05) is 0 Å². The molecule has 1 aromatic rings. The molecule has 0 aliphatic carbocycles. The summed E-state index contributed by atoms with van der Waals surface area (Å²) in [6.07, 6.45) is -3.73. The molecule has 0 aliphatic heterocycles. The molecule has 1 heterocycles. The van der Waals surface area contributed by atoms with Crippen LogP contribution in [0.5, 0.6) is 0 Å². The van der Waals surface area contributed by atoms with Gasteiger partial charge in [0.15, 0.2) is 0 Å². The van der Waals surface area contributed by atoms with Crippen molar-refractivity contribution in [2.75, 3.05) is 0 Å². The van der Waals surface area contributed by atoms with Crippen molar-refractivity contribution < 1.29 is 17.7 Å². The third-order valence-corrected chi connectivity index (χ3v) is 1.45. The van der Waals surface area contributed by atoms with Crippen LogP contribution < -0.4 is 0 Å². The molecular formula is C7H8F3NO. The summed E-state index contributed by atoms with van der Waals surface area (Å²) in [7, 11) is 0. The number of hydrogen-bond acceptors (Lipinski definition) is 2. The Morgan fingerprint density at radius 2 is 2.00 bits per heavy atom. The Morgan fingerprint density at radius 1 is 1.42 bits per heavy atom. The second-order valence-electron chi connectivity index (χ2n) is 2.77. The molecule has 0 N–H and O–H groups in total. The normalized spacial score (nSPS) is 12.5. The minimum Gasteiger partial charge on any atom is -0.364 e. The van der Waals surface area contributed by atoms with Gasteiger partial charge in [0.2, 0.25) is 0 Å². The molecule has 0 spiro atoms. The second kappa shape index (κ2) is 2.80. The molecule has 0 atom stereocenters. The van der Waals surface area contributed by atoms with Crippen LogP contribution in [0.4, 0.5) is 13.2 Å². The van der Waals surface area contributed by atoms with Crippen molar-refractivity contribution in [3.63, 3.8) is 0 Å². The van der Waals surface area contributed by atoms with Gasteiger partial charge in [0.05, 0.1) is 5.69 Å². The fraction of sp³-hybridized carbons (Fsp3) is 0.571. The predicted molar refractivity (Wildman–Crippen MR) is 35.6 cm³/mol. The van der Waals surface area contributed by atoms with Crippen molar-refractivity contribution in [1.29, 1.82) is 0 Å². The summed E-state index contributed by atoms with van der Waals surface area (Å²) in [4.78, 5) is 0. The lowest BCUT2D eigenvalue weighted by atomic mass is 10.1. The van der Waals surface area contributed by atoms with Crippen molar-refractivity contribution in [2.45, 2.75) is 25.9 Å². The van der Waals surface area contributed by atoms with Crippen LogP contribution in [0.1, 0.15) is 31.0 Å². The molecule has 0 aromatic carbocycles. The number of hydrogen-bond donors (Lipinski definition) is 0. The van der Waals surface area contributed by atoms with Crippen LogP contribution in [0.2, 0.25) is 0 Å². The third kappa shape index (κ3) is 1.60. The van der Waals surface area contributed by atoms with E-state index in [0.717, 1.165) is 0 Å². The summed E-state index contributed by atoms with van der Waals surface area (Å²) in [5, 5.41) is 3.29. The molecule has 0 unspecified atom stereocenters. The first-order valence-corrected chi connectivity index (χ1v) is 3.44. The summed E-state index contributed by atoms with van der Waals surface area (Å²) in [6.45, 7) is 3.26. The summed E-state index contributed by atoms with van der Waals surface area (Å²) >= 11 is 0. The smallest absolute Gasteiger partial charge is 0.364 e. The van der Waals surface area contributed by atoms with Gasteiger partial charge >= 0.3 is 6.18 Å². The number of alkyl halides is 3. The van der Waals surface area contributed by atoms with Gasteiger partial charge in [-0.1, -0.05) is 19.0 Å². The summed E-state index contributed by atoms with van der Waals surface area (Å²) in [5.74, 6) is -0.277.